The van der Waals surface area contributed by atoms with Gasteiger partial charge in [-0.25, -0.2) is 4.39 Å². The molecule has 0 radical (unpaired) electrons. The molecule has 7 heteroatoms. The zero-order chi connectivity index (χ0) is 16.1. The van der Waals surface area contributed by atoms with Gasteiger partial charge in [-0.15, -0.1) is 0 Å². The van der Waals surface area contributed by atoms with Crippen LogP contribution in [0.2, 0.25) is 5.02 Å². The van der Waals surface area contributed by atoms with E-state index in [2.05, 4.69) is 4.72 Å². The Morgan fingerprint density at radius 2 is 2.09 bits per heavy atom. The largest absolute Gasteiger partial charge is 0.469 e. The minimum atomic E-state index is -0.472. The van der Waals surface area contributed by atoms with Crippen molar-refractivity contribution in [1.82, 2.24) is 4.72 Å². The van der Waals surface area contributed by atoms with Gasteiger partial charge in [0.2, 0.25) is 0 Å². The Hall–Kier alpha value is -1.27. The van der Waals surface area contributed by atoms with Gasteiger partial charge in [-0.3, -0.25) is 9.59 Å². The number of rotatable bonds is 4. The second kappa shape index (κ2) is 7.83. The first-order valence-electron chi connectivity index (χ1n) is 6.99. The predicted octanol–water partition coefficient (Wildman–Crippen LogP) is 2.25. The van der Waals surface area contributed by atoms with Crippen molar-refractivity contribution in [2.75, 3.05) is 18.6 Å². The van der Waals surface area contributed by atoms with E-state index in [0.29, 0.717) is 12.8 Å². The number of carbonyl (C=O) groups excluding carboxylic acids is 2. The molecule has 0 unspecified atom stereocenters. The monoisotopic (exact) mass is 346 g/mol. The highest BCUT2D eigenvalue weighted by atomic mass is 35.5. The van der Waals surface area contributed by atoms with Crippen molar-refractivity contribution in [2.45, 2.75) is 19.3 Å². The molecule has 1 aliphatic heterocycles. The first-order chi connectivity index (χ1) is 10.5. The molecule has 1 aliphatic rings. The van der Waals surface area contributed by atoms with Crippen LogP contribution in [0.4, 0.5) is 4.39 Å². The highest BCUT2D eigenvalue weighted by Gasteiger charge is 2.34. The van der Waals surface area contributed by atoms with Gasteiger partial charge in [-0.05, 0) is 12.1 Å². The molecule has 0 aromatic heterocycles. The molecule has 1 saturated heterocycles. The number of carbonyl (C=O) groups is 2. The van der Waals surface area contributed by atoms with Crippen LogP contribution in [0.3, 0.4) is 0 Å². The van der Waals surface area contributed by atoms with Crippen molar-refractivity contribution in [1.29, 1.82) is 0 Å². The fourth-order valence-electron chi connectivity index (χ4n) is 2.38. The average Bonchev–Trinajstić information content (AvgIpc) is 2.51. The van der Waals surface area contributed by atoms with Gasteiger partial charge in [-0.1, -0.05) is 17.7 Å². The van der Waals surface area contributed by atoms with Gasteiger partial charge in [0.05, 0.1) is 19.4 Å². The molecule has 1 amide bonds. The number of amides is 1. The number of halogens is 2. The maximum Gasteiger partial charge on any atom is 0.309 e. The Bertz CT molecular complexity index is 541. The van der Waals surface area contributed by atoms with E-state index in [0.717, 1.165) is 11.5 Å². The molecule has 1 fully saturated rings. The molecule has 1 N–H and O–H groups in total. The summed E-state index contributed by atoms with van der Waals surface area (Å²) in [6, 6.07) is 4.37. The molecule has 4 nitrogen and oxygen atoms in total. The third kappa shape index (κ3) is 4.36. The van der Waals surface area contributed by atoms with E-state index < -0.39 is 5.82 Å². The summed E-state index contributed by atoms with van der Waals surface area (Å²) < 4.78 is 21.3. The van der Waals surface area contributed by atoms with Gasteiger partial charge in [0.15, 0.2) is 0 Å². The molecule has 1 aromatic carbocycles. The Morgan fingerprint density at radius 3 is 2.68 bits per heavy atom. The molecule has 0 atom stereocenters. The number of nitrogens with one attached hydrogen (secondary N) is 1. The molecular formula is C15H18ClFNO3S+. The van der Waals surface area contributed by atoms with E-state index in [1.165, 1.54) is 19.2 Å². The quantitative estimate of drug-likeness (QED) is 0.672. The van der Waals surface area contributed by atoms with Crippen LogP contribution < -0.4 is 4.72 Å². The van der Waals surface area contributed by atoms with Gasteiger partial charge in [0.1, 0.15) is 28.4 Å². The van der Waals surface area contributed by atoms with Crippen molar-refractivity contribution in [3.63, 3.8) is 0 Å². The van der Waals surface area contributed by atoms with E-state index in [1.54, 1.807) is 6.07 Å². The molecule has 2 rings (SSSR count). The van der Waals surface area contributed by atoms with E-state index in [9.17, 15) is 14.0 Å². The molecule has 1 heterocycles. The fraction of sp³-hybridized carbons (Fsp3) is 0.467. The van der Waals surface area contributed by atoms with E-state index in [1.807, 2.05) is 0 Å². The molecule has 120 valence electrons. The van der Waals surface area contributed by atoms with Gasteiger partial charge < -0.3 is 4.74 Å². The minimum absolute atomic E-state index is 0.0740. The molecule has 0 bridgehead atoms. The van der Waals surface area contributed by atoms with Crippen molar-refractivity contribution in [2.24, 2.45) is 5.92 Å². The van der Waals surface area contributed by atoms with Crippen LogP contribution in [0.1, 0.15) is 18.4 Å². The van der Waals surface area contributed by atoms with E-state index in [-0.39, 0.29) is 45.9 Å². The van der Waals surface area contributed by atoms with Crippen LogP contribution in [0.15, 0.2) is 18.2 Å². The number of hydrogen-bond acceptors (Lipinski definition) is 3. The second-order valence-electron chi connectivity index (χ2n) is 5.10. The van der Waals surface area contributed by atoms with Crippen LogP contribution >= 0.6 is 11.6 Å². The lowest BCUT2D eigenvalue weighted by Gasteiger charge is -2.20. The molecule has 1 aromatic rings. The number of ether oxygens (including phenoxy) is 1. The molecular weight excluding hydrogens is 329 g/mol. The van der Waals surface area contributed by atoms with Crippen molar-refractivity contribution >= 4 is 34.6 Å². The molecule has 0 aliphatic carbocycles. The lowest BCUT2D eigenvalue weighted by atomic mass is 10.0. The highest BCUT2D eigenvalue weighted by molar-refractivity contribution is 7.95. The average molecular weight is 347 g/mol. The van der Waals surface area contributed by atoms with Crippen LogP contribution in [0.5, 0.6) is 0 Å². The predicted molar refractivity (Wildman–Crippen MR) is 85.1 cm³/mol. The first kappa shape index (κ1) is 17.1. The zero-order valence-electron chi connectivity index (χ0n) is 12.2. The minimum Gasteiger partial charge on any atom is -0.469 e. The standard InChI is InChI=1S/C15H17ClFNO3S/c1-21-15(20)10-5-7-22(8-6-10)18-14(19)9-11-12(16)3-2-4-13(11)17/h2-4,10H,5-9H2,1H3/p+1. The fourth-order valence-corrected chi connectivity index (χ4v) is 4.55. The lowest BCUT2D eigenvalue weighted by molar-refractivity contribution is -0.145. The van der Waals surface area contributed by atoms with Crippen LogP contribution in [0.25, 0.3) is 0 Å². The Morgan fingerprint density at radius 1 is 1.41 bits per heavy atom. The van der Waals surface area contributed by atoms with Crippen molar-refractivity contribution in [3.05, 3.63) is 34.6 Å². The Labute approximate surface area is 136 Å². The summed E-state index contributed by atoms with van der Waals surface area (Å²) in [6.45, 7) is 0. The highest BCUT2D eigenvalue weighted by Crippen LogP contribution is 2.22. The van der Waals surface area contributed by atoms with Crippen molar-refractivity contribution in [3.8, 4) is 0 Å². The van der Waals surface area contributed by atoms with Crippen molar-refractivity contribution < 1.29 is 18.7 Å². The third-order valence-electron chi connectivity index (χ3n) is 3.62. The smallest absolute Gasteiger partial charge is 0.309 e. The SMILES string of the molecule is COC(=O)C1CC[S+](NC(=O)Cc2c(F)cccc2Cl)CC1. The summed E-state index contributed by atoms with van der Waals surface area (Å²) in [6.07, 6.45) is 1.34. The Balaban J connectivity index is 1.85. The maximum absolute atomic E-state index is 13.7. The summed E-state index contributed by atoms with van der Waals surface area (Å²) in [7, 11) is 1.39. The normalized spacial score (nSPS) is 21.2. The first-order valence-corrected chi connectivity index (χ1v) is 8.93. The number of esters is 1. The summed E-state index contributed by atoms with van der Waals surface area (Å²) >= 11 is 5.64. The third-order valence-corrected chi connectivity index (χ3v) is 5.94. The number of hydrogen-bond donors (Lipinski definition) is 1. The van der Waals surface area contributed by atoms with Gasteiger partial charge in [0, 0.05) is 23.4 Å². The zero-order valence-corrected chi connectivity index (χ0v) is 13.8. The molecule has 22 heavy (non-hydrogen) atoms. The summed E-state index contributed by atoms with van der Waals surface area (Å²) in [5, 5.41) is 0.257. The summed E-state index contributed by atoms with van der Waals surface area (Å²) in [5.74, 6) is 0.513. The summed E-state index contributed by atoms with van der Waals surface area (Å²) in [4.78, 5) is 23.5. The van der Waals surface area contributed by atoms with E-state index in [4.69, 9.17) is 16.3 Å². The number of benzene rings is 1. The van der Waals surface area contributed by atoms with E-state index >= 15 is 0 Å². The second-order valence-corrected chi connectivity index (χ2v) is 7.51. The topological polar surface area (TPSA) is 55.4 Å². The van der Waals surface area contributed by atoms with Gasteiger partial charge in [-0.2, -0.15) is 4.72 Å². The van der Waals surface area contributed by atoms with Crippen LogP contribution in [-0.2, 0) is 31.8 Å². The lowest BCUT2D eigenvalue weighted by Crippen LogP contribution is -2.41. The number of methoxy groups -OCH3 is 1. The molecule has 0 spiro atoms. The Kier molecular flexibility index (Phi) is 6.08. The summed E-state index contributed by atoms with van der Waals surface area (Å²) in [5.41, 5.74) is 0.217. The van der Waals surface area contributed by atoms with Gasteiger partial charge >= 0.3 is 5.97 Å². The van der Waals surface area contributed by atoms with Crippen LogP contribution in [0, 0.1) is 11.7 Å². The van der Waals surface area contributed by atoms with Crippen LogP contribution in [-0.4, -0.2) is 30.5 Å². The molecule has 0 saturated carbocycles. The maximum atomic E-state index is 13.7. The van der Waals surface area contributed by atoms with Gasteiger partial charge in [0.25, 0.3) is 5.91 Å².